The molecule has 0 saturated heterocycles. The molecule has 28 heavy (non-hydrogen) atoms. The first kappa shape index (κ1) is 25.4. The summed E-state index contributed by atoms with van der Waals surface area (Å²) in [6.07, 6.45) is 14.6. The molecule has 1 aromatic heterocycles. The third-order valence-corrected chi connectivity index (χ3v) is 6.62. The highest BCUT2D eigenvalue weighted by molar-refractivity contribution is 7.99. The molecule has 0 aliphatic heterocycles. The number of unbranched alkanes of at least 4 members (excludes halogenated alkanes) is 5. The van der Waals surface area contributed by atoms with Crippen molar-refractivity contribution in [2.75, 3.05) is 27.1 Å². The molecule has 0 radical (unpaired) electrons. The Labute approximate surface area is 177 Å². The number of aryl methyl sites for hydroxylation is 1. The number of hydrogen-bond acceptors (Lipinski definition) is 5. The zero-order chi connectivity index (χ0) is 20.7. The molecule has 0 aliphatic carbocycles. The fourth-order valence-corrected chi connectivity index (χ4v) is 4.88. The van der Waals surface area contributed by atoms with Crippen LogP contribution in [0.15, 0.2) is 24.5 Å². The van der Waals surface area contributed by atoms with Crippen molar-refractivity contribution in [1.82, 2.24) is 4.98 Å². The Morgan fingerprint density at radius 2 is 1.57 bits per heavy atom. The van der Waals surface area contributed by atoms with Crippen LogP contribution in [-0.2, 0) is 20.6 Å². The highest BCUT2D eigenvalue weighted by Gasteiger charge is 2.40. The Balaban J connectivity index is 2.52. The molecule has 1 aromatic rings. The topological polar surface area (TPSA) is 40.6 Å². The highest BCUT2D eigenvalue weighted by atomic mass is 32.2. The first-order valence-electron chi connectivity index (χ1n) is 10.8. The van der Waals surface area contributed by atoms with Crippen LogP contribution in [0.1, 0.15) is 70.8 Å². The van der Waals surface area contributed by atoms with E-state index in [0.717, 1.165) is 25.0 Å². The van der Waals surface area contributed by atoms with E-state index in [1.165, 1.54) is 44.1 Å². The van der Waals surface area contributed by atoms with Gasteiger partial charge in [-0.1, -0.05) is 52.4 Å². The molecule has 2 unspecified atom stereocenters. The lowest BCUT2D eigenvalue weighted by Crippen LogP contribution is -2.45. The molecule has 0 saturated carbocycles. The number of nitrogens with zero attached hydrogens (tertiary/aromatic N) is 1. The predicted molar refractivity (Wildman–Crippen MR) is 120 cm³/mol. The molecular formula is C23H41NO3S. The van der Waals surface area contributed by atoms with Gasteiger partial charge in [0.1, 0.15) is 0 Å². The summed E-state index contributed by atoms with van der Waals surface area (Å²) >= 11 is 2.01. The van der Waals surface area contributed by atoms with Crippen molar-refractivity contribution >= 4 is 11.8 Å². The molecule has 1 heterocycles. The van der Waals surface area contributed by atoms with E-state index in [4.69, 9.17) is 14.2 Å². The molecule has 0 N–H and O–H groups in total. The largest absolute Gasteiger partial charge is 0.331 e. The summed E-state index contributed by atoms with van der Waals surface area (Å²) in [6.45, 7) is 4.56. The van der Waals surface area contributed by atoms with Gasteiger partial charge >= 0.3 is 0 Å². The summed E-state index contributed by atoms with van der Waals surface area (Å²) in [6, 6.07) is 4.19. The van der Waals surface area contributed by atoms with Crippen LogP contribution in [0.4, 0.5) is 0 Å². The minimum Gasteiger partial charge on any atom is -0.331 e. The van der Waals surface area contributed by atoms with Gasteiger partial charge in [0.05, 0.1) is 0 Å². The van der Waals surface area contributed by atoms with Crippen LogP contribution in [0.5, 0.6) is 0 Å². The summed E-state index contributed by atoms with van der Waals surface area (Å²) in [5.41, 5.74) is 1.35. The predicted octanol–water partition coefficient (Wildman–Crippen LogP) is 6.10. The lowest BCUT2D eigenvalue weighted by Gasteiger charge is -2.37. The van der Waals surface area contributed by atoms with Crippen molar-refractivity contribution < 1.29 is 14.2 Å². The standard InChI is InChI=1S/C23H41NO3S/c1-6-7-8-9-10-11-12-22(23(25-3,26-4)27-5)19-20(2)28-18-15-21-13-16-24-17-14-21/h13-14,16-17,20,22H,6-12,15,18-19H2,1-5H3. The van der Waals surface area contributed by atoms with E-state index in [2.05, 4.69) is 31.0 Å². The molecule has 4 nitrogen and oxygen atoms in total. The molecule has 1 rings (SSSR count). The number of methoxy groups -OCH3 is 3. The molecule has 0 aromatic carbocycles. The van der Waals surface area contributed by atoms with E-state index >= 15 is 0 Å². The van der Waals surface area contributed by atoms with Crippen molar-refractivity contribution in [2.45, 2.75) is 82.9 Å². The van der Waals surface area contributed by atoms with Crippen molar-refractivity contribution in [2.24, 2.45) is 5.92 Å². The minimum absolute atomic E-state index is 0.224. The van der Waals surface area contributed by atoms with Crippen molar-refractivity contribution in [3.05, 3.63) is 30.1 Å². The second-order valence-electron chi connectivity index (χ2n) is 7.49. The van der Waals surface area contributed by atoms with Crippen LogP contribution in [0.2, 0.25) is 0 Å². The molecule has 0 fully saturated rings. The van der Waals surface area contributed by atoms with Crippen molar-refractivity contribution in [3.63, 3.8) is 0 Å². The fourth-order valence-electron chi connectivity index (χ4n) is 3.76. The molecule has 5 heteroatoms. The van der Waals surface area contributed by atoms with Gasteiger partial charge in [0.15, 0.2) is 0 Å². The van der Waals surface area contributed by atoms with Gasteiger partial charge in [-0.15, -0.1) is 0 Å². The van der Waals surface area contributed by atoms with Crippen molar-refractivity contribution in [3.8, 4) is 0 Å². The number of ether oxygens (including phenoxy) is 3. The molecule has 0 bridgehead atoms. The van der Waals surface area contributed by atoms with E-state index in [-0.39, 0.29) is 5.92 Å². The summed E-state index contributed by atoms with van der Waals surface area (Å²) < 4.78 is 17.1. The average molecular weight is 412 g/mol. The van der Waals surface area contributed by atoms with Crippen LogP contribution in [-0.4, -0.2) is 43.3 Å². The summed E-state index contributed by atoms with van der Waals surface area (Å²) in [5.74, 6) is 0.389. The monoisotopic (exact) mass is 411 g/mol. The second-order valence-corrected chi connectivity index (χ2v) is 9.04. The lowest BCUT2D eigenvalue weighted by atomic mass is 9.93. The van der Waals surface area contributed by atoms with Crippen LogP contribution >= 0.6 is 11.8 Å². The summed E-state index contributed by atoms with van der Waals surface area (Å²) in [5, 5.41) is 0.520. The number of pyridine rings is 1. The van der Waals surface area contributed by atoms with E-state index < -0.39 is 5.97 Å². The molecule has 2 atom stereocenters. The molecule has 0 aliphatic rings. The Morgan fingerprint density at radius 3 is 2.18 bits per heavy atom. The van der Waals surface area contributed by atoms with Crippen LogP contribution in [0, 0.1) is 5.92 Å². The molecular weight excluding hydrogens is 370 g/mol. The number of hydrogen-bond donors (Lipinski definition) is 0. The first-order chi connectivity index (χ1) is 13.6. The quantitative estimate of drug-likeness (QED) is 0.229. The SMILES string of the molecule is CCCCCCCCC(CC(C)SCCc1ccncc1)C(OC)(OC)OC. The maximum absolute atomic E-state index is 5.71. The van der Waals surface area contributed by atoms with Gasteiger partial charge < -0.3 is 14.2 Å². The number of aromatic nitrogens is 1. The first-order valence-corrected chi connectivity index (χ1v) is 11.8. The smallest absolute Gasteiger partial charge is 0.285 e. The van der Waals surface area contributed by atoms with Crippen LogP contribution in [0.25, 0.3) is 0 Å². The third kappa shape index (κ3) is 9.25. The van der Waals surface area contributed by atoms with Crippen molar-refractivity contribution in [1.29, 1.82) is 0 Å². The Morgan fingerprint density at radius 1 is 0.964 bits per heavy atom. The fraction of sp³-hybridized carbons (Fsp3) is 0.783. The van der Waals surface area contributed by atoms with Gasteiger partial charge in [0, 0.05) is 44.9 Å². The number of rotatable bonds is 17. The number of thioether (sulfide) groups is 1. The van der Waals surface area contributed by atoms with Gasteiger partial charge in [-0.25, -0.2) is 0 Å². The van der Waals surface area contributed by atoms with Gasteiger partial charge in [0.25, 0.3) is 5.97 Å². The maximum Gasteiger partial charge on any atom is 0.285 e. The molecule has 0 spiro atoms. The normalized spacial score (nSPS) is 14.2. The summed E-state index contributed by atoms with van der Waals surface area (Å²) in [4.78, 5) is 4.09. The highest BCUT2D eigenvalue weighted by Crippen LogP contribution is 2.35. The van der Waals surface area contributed by atoms with E-state index in [9.17, 15) is 0 Å². The van der Waals surface area contributed by atoms with E-state index in [0.29, 0.717) is 5.25 Å². The second kappa shape index (κ2) is 15.3. The van der Waals surface area contributed by atoms with Gasteiger partial charge in [-0.2, -0.15) is 11.8 Å². The van der Waals surface area contributed by atoms with Crippen LogP contribution in [0.3, 0.4) is 0 Å². The van der Waals surface area contributed by atoms with E-state index in [1.54, 1.807) is 21.3 Å². The summed E-state index contributed by atoms with van der Waals surface area (Å²) in [7, 11) is 5.05. The Kier molecular flexibility index (Phi) is 13.8. The van der Waals surface area contributed by atoms with Gasteiger partial charge in [-0.05, 0) is 42.7 Å². The zero-order valence-corrected chi connectivity index (χ0v) is 19.4. The molecule has 0 amide bonds. The van der Waals surface area contributed by atoms with Gasteiger partial charge in [0.2, 0.25) is 0 Å². The van der Waals surface area contributed by atoms with Gasteiger partial charge in [-0.3, -0.25) is 4.98 Å². The Hall–Kier alpha value is -0.620. The Bertz CT molecular complexity index is 474. The van der Waals surface area contributed by atoms with Crippen LogP contribution < -0.4 is 0 Å². The van der Waals surface area contributed by atoms with E-state index in [1.807, 2.05) is 24.2 Å². The average Bonchev–Trinajstić information content (AvgIpc) is 2.72. The zero-order valence-electron chi connectivity index (χ0n) is 18.6. The maximum atomic E-state index is 5.71. The minimum atomic E-state index is -0.941. The molecule has 162 valence electrons. The lowest BCUT2D eigenvalue weighted by molar-refractivity contribution is -0.380. The third-order valence-electron chi connectivity index (χ3n) is 5.42.